The van der Waals surface area contributed by atoms with Crippen molar-refractivity contribution in [1.82, 2.24) is 4.72 Å². The van der Waals surface area contributed by atoms with Gasteiger partial charge in [-0.15, -0.1) is 0 Å². The Hall–Kier alpha value is -3.58. The van der Waals surface area contributed by atoms with Gasteiger partial charge in [0, 0.05) is 5.56 Å². The zero-order valence-corrected chi connectivity index (χ0v) is 16.5. The van der Waals surface area contributed by atoms with Crippen molar-refractivity contribution in [3.05, 3.63) is 95.9 Å². The molecule has 1 N–H and O–H groups in total. The van der Waals surface area contributed by atoms with Crippen LogP contribution in [0, 0.1) is 0 Å². The van der Waals surface area contributed by atoms with Crippen molar-refractivity contribution in [3.8, 4) is 5.75 Å². The van der Waals surface area contributed by atoms with Crippen LogP contribution in [-0.2, 0) is 10.0 Å². The molecular weight excluding hydrogens is 388 g/mol. The molecule has 0 heterocycles. The van der Waals surface area contributed by atoms with Gasteiger partial charge >= 0.3 is 6.03 Å². The number of hydrogen-bond acceptors (Lipinski definition) is 4. The minimum atomic E-state index is -4.04. The Morgan fingerprint density at radius 1 is 0.862 bits per heavy atom. The highest BCUT2D eigenvalue weighted by Gasteiger charge is 2.21. The summed E-state index contributed by atoms with van der Waals surface area (Å²) < 4.78 is 32.3. The molecule has 0 fully saturated rings. The van der Waals surface area contributed by atoms with Crippen molar-refractivity contribution >= 4 is 33.5 Å². The van der Waals surface area contributed by atoms with Gasteiger partial charge in [0.05, 0.1) is 23.9 Å². The Kier molecular flexibility index (Phi) is 6.31. The number of sulfonamides is 1. The van der Waals surface area contributed by atoms with E-state index < -0.39 is 16.1 Å². The summed E-state index contributed by atoms with van der Waals surface area (Å²) in [5.74, 6) is 0.528. The predicted octanol–water partition coefficient (Wildman–Crippen LogP) is 4.54. The SMILES string of the molecule is COc1ccccc1C=CS(=O)(=O)NC(=O)N(c1ccccc1)c1ccccc1. The van der Waals surface area contributed by atoms with E-state index in [1.165, 1.54) is 18.1 Å². The van der Waals surface area contributed by atoms with E-state index in [0.29, 0.717) is 22.7 Å². The third-order valence-electron chi connectivity index (χ3n) is 4.03. The van der Waals surface area contributed by atoms with Gasteiger partial charge in [-0.25, -0.2) is 17.9 Å². The third kappa shape index (κ3) is 5.24. The maximum atomic E-state index is 12.9. The number of nitrogens with one attached hydrogen (secondary N) is 1. The van der Waals surface area contributed by atoms with E-state index in [1.54, 1.807) is 72.8 Å². The smallest absolute Gasteiger partial charge is 0.340 e. The Labute approximate surface area is 170 Å². The van der Waals surface area contributed by atoms with E-state index in [4.69, 9.17) is 4.74 Å². The summed E-state index contributed by atoms with van der Waals surface area (Å²) in [6.45, 7) is 0. The van der Waals surface area contributed by atoms with Gasteiger partial charge in [0.2, 0.25) is 0 Å². The van der Waals surface area contributed by atoms with Crippen molar-refractivity contribution in [2.45, 2.75) is 0 Å². The molecule has 0 aromatic heterocycles. The number of rotatable bonds is 6. The number of carbonyl (C=O) groups is 1. The van der Waals surface area contributed by atoms with Crippen LogP contribution in [0.25, 0.3) is 6.08 Å². The molecule has 0 radical (unpaired) electrons. The molecule has 6 nitrogen and oxygen atoms in total. The summed E-state index contributed by atoms with van der Waals surface area (Å²) in [6.07, 6.45) is 1.38. The maximum absolute atomic E-state index is 12.9. The number of benzene rings is 3. The van der Waals surface area contributed by atoms with Gasteiger partial charge < -0.3 is 4.74 Å². The fourth-order valence-electron chi connectivity index (χ4n) is 2.71. The first-order chi connectivity index (χ1) is 14.0. The first-order valence-corrected chi connectivity index (χ1v) is 10.3. The van der Waals surface area contributed by atoms with Crippen LogP contribution >= 0.6 is 0 Å². The molecule has 0 saturated heterocycles. The van der Waals surface area contributed by atoms with E-state index in [1.807, 2.05) is 12.1 Å². The van der Waals surface area contributed by atoms with Crippen LogP contribution in [0.15, 0.2) is 90.3 Å². The minimum absolute atomic E-state index is 0.528. The Balaban J connectivity index is 1.86. The number of carbonyl (C=O) groups excluding carboxylic acids is 1. The Morgan fingerprint density at radius 2 is 1.38 bits per heavy atom. The van der Waals surface area contributed by atoms with Crippen LogP contribution in [0.1, 0.15) is 5.56 Å². The number of methoxy groups -OCH3 is 1. The highest BCUT2D eigenvalue weighted by molar-refractivity contribution is 7.93. The fraction of sp³-hybridized carbons (Fsp3) is 0.0455. The zero-order chi connectivity index (χ0) is 20.7. The van der Waals surface area contributed by atoms with Gasteiger partial charge in [-0.1, -0.05) is 54.6 Å². The second kappa shape index (κ2) is 9.07. The number of hydrogen-bond donors (Lipinski definition) is 1. The lowest BCUT2D eigenvalue weighted by molar-refractivity contribution is 0.253. The standard InChI is InChI=1S/C22H20N2O4S/c1-28-21-15-9-8-10-18(21)16-17-29(26,27)23-22(25)24(19-11-4-2-5-12-19)20-13-6-3-7-14-20/h2-17H,1H3,(H,23,25). The number of amides is 2. The van der Waals surface area contributed by atoms with Gasteiger partial charge in [0.25, 0.3) is 10.0 Å². The van der Waals surface area contributed by atoms with Crippen molar-refractivity contribution in [2.75, 3.05) is 12.0 Å². The highest BCUT2D eigenvalue weighted by atomic mass is 32.2. The monoisotopic (exact) mass is 408 g/mol. The van der Waals surface area contributed by atoms with Crippen LogP contribution < -0.4 is 14.4 Å². The van der Waals surface area contributed by atoms with E-state index >= 15 is 0 Å². The van der Waals surface area contributed by atoms with E-state index in [0.717, 1.165) is 5.41 Å². The summed E-state index contributed by atoms with van der Waals surface area (Å²) in [4.78, 5) is 14.2. The molecule has 0 spiro atoms. The molecule has 0 aliphatic carbocycles. The molecule has 0 saturated carbocycles. The third-order valence-corrected chi connectivity index (χ3v) is 4.98. The fourth-order valence-corrected chi connectivity index (χ4v) is 3.43. The molecule has 0 aliphatic heterocycles. The van der Waals surface area contributed by atoms with E-state index in [2.05, 4.69) is 4.72 Å². The lowest BCUT2D eigenvalue weighted by Crippen LogP contribution is -2.39. The van der Waals surface area contributed by atoms with E-state index in [9.17, 15) is 13.2 Å². The van der Waals surface area contributed by atoms with Crippen molar-refractivity contribution in [1.29, 1.82) is 0 Å². The van der Waals surface area contributed by atoms with Crippen molar-refractivity contribution < 1.29 is 17.9 Å². The number of urea groups is 1. The first-order valence-electron chi connectivity index (χ1n) is 8.78. The molecule has 7 heteroatoms. The van der Waals surface area contributed by atoms with Crippen LogP contribution in [0.3, 0.4) is 0 Å². The summed E-state index contributed by atoms with van der Waals surface area (Å²) in [5, 5.41) is 0.941. The van der Waals surface area contributed by atoms with Crippen LogP contribution in [-0.4, -0.2) is 21.6 Å². The minimum Gasteiger partial charge on any atom is -0.496 e. The molecule has 2 amide bonds. The molecule has 148 valence electrons. The first kappa shape index (κ1) is 20.2. The number of anilines is 2. The predicted molar refractivity (Wildman–Crippen MR) is 115 cm³/mol. The van der Waals surface area contributed by atoms with Gasteiger partial charge in [0.1, 0.15) is 5.75 Å². The van der Waals surface area contributed by atoms with Crippen LogP contribution in [0.5, 0.6) is 5.75 Å². The molecule has 0 aliphatic rings. The van der Waals surface area contributed by atoms with Gasteiger partial charge in [-0.2, -0.15) is 0 Å². The number of ether oxygens (including phenoxy) is 1. The molecule has 0 unspecified atom stereocenters. The molecule has 29 heavy (non-hydrogen) atoms. The second-order valence-electron chi connectivity index (χ2n) is 6.00. The second-order valence-corrected chi connectivity index (χ2v) is 7.57. The average Bonchev–Trinajstić information content (AvgIpc) is 2.74. The lowest BCUT2D eigenvalue weighted by Gasteiger charge is -2.22. The summed E-state index contributed by atoms with van der Waals surface area (Å²) in [5.41, 5.74) is 1.66. The number of nitrogens with zero attached hydrogens (tertiary/aromatic N) is 1. The van der Waals surface area contributed by atoms with Gasteiger partial charge in [-0.05, 0) is 36.4 Å². The quantitative estimate of drug-likeness (QED) is 0.650. The molecular formula is C22H20N2O4S. The molecule has 3 aromatic carbocycles. The number of para-hydroxylation sites is 3. The average molecular weight is 408 g/mol. The summed E-state index contributed by atoms with van der Waals surface area (Å²) in [7, 11) is -2.54. The molecule has 0 bridgehead atoms. The van der Waals surface area contributed by atoms with Gasteiger partial charge in [0.15, 0.2) is 0 Å². The normalized spacial score (nSPS) is 11.2. The topological polar surface area (TPSA) is 75.7 Å². The van der Waals surface area contributed by atoms with Crippen LogP contribution in [0.2, 0.25) is 0 Å². The zero-order valence-electron chi connectivity index (χ0n) is 15.7. The molecule has 3 aromatic rings. The lowest BCUT2D eigenvalue weighted by atomic mass is 10.2. The van der Waals surface area contributed by atoms with Crippen molar-refractivity contribution in [2.24, 2.45) is 0 Å². The molecule has 0 atom stereocenters. The maximum Gasteiger partial charge on any atom is 0.340 e. The van der Waals surface area contributed by atoms with Gasteiger partial charge in [-0.3, -0.25) is 4.90 Å². The largest absolute Gasteiger partial charge is 0.496 e. The summed E-state index contributed by atoms with van der Waals surface area (Å²) >= 11 is 0. The van der Waals surface area contributed by atoms with E-state index in [-0.39, 0.29) is 0 Å². The Morgan fingerprint density at radius 3 is 1.93 bits per heavy atom. The molecule has 3 rings (SSSR count). The van der Waals surface area contributed by atoms with Crippen LogP contribution in [0.4, 0.5) is 16.2 Å². The highest BCUT2D eigenvalue weighted by Crippen LogP contribution is 2.25. The Bertz CT molecular complexity index is 1060. The van der Waals surface area contributed by atoms with Crippen molar-refractivity contribution in [3.63, 3.8) is 0 Å². The summed E-state index contributed by atoms with van der Waals surface area (Å²) in [6, 6.07) is 23.8.